The summed E-state index contributed by atoms with van der Waals surface area (Å²) in [5.41, 5.74) is 6.54. The Morgan fingerprint density at radius 3 is 1.81 bits per heavy atom. The first kappa shape index (κ1) is 20.2. The van der Waals surface area contributed by atoms with Gasteiger partial charge < -0.3 is 13.7 Å². The van der Waals surface area contributed by atoms with Crippen molar-refractivity contribution in [2.24, 2.45) is 0 Å². The Balaban J connectivity index is 1.44. The molecule has 0 N–H and O–H groups in total. The van der Waals surface area contributed by atoms with Crippen molar-refractivity contribution in [3.05, 3.63) is 127 Å². The van der Waals surface area contributed by atoms with Crippen molar-refractivity contribution in [3.8, 4) is 0 Å². The normalized spacial score (nSPS) is 11.8. The maximum absolute atomic E-state index is 6.59. The van der Waals surface area contributed by atoms with Crippen molar-refractivity contribution >= 4 is 71.7 Å². The van der Waals surface area contributed by atoms with Gasteiger partial charge in [0.05, 0.1) is 11.1 Å². The molecule has 0 aliphatic rings. The number of hydrogen-bond donors (Lipinski definition) is 0. The molecule has 8 aromatic rings. The number of para-hydroxylation sites is 3. The van der Waals surface area contributed by atoms with Gasteiger partial charge >= 0.3 is 0 Å². The molecule has 37 heavy (non-hydrogen) atoms. The van der Waals surface area contributed by atoms with Gasteiger partial charge in [0.2, 0.25) is 0 Å². The van der Waals surface area contributed by atoms with Crippen molar-refractivity contribution in [1.82, 2.24) is 0 Å². The average molecular weight is 476 g/mol. The topological polar surface area (TPSA) is 29.5 Å². The Morgan fingerprint density at radius 2 is 1.08 bits per heavy atom. The van der Waals surface area contributed by atoms with E-state index >= 15 is 0 Å². The summed E-state index contributed by atoms with van der Waals surface area (Å²) in [6.07, 6.45) is 0. The van der Waals surface area contributed by atoms with E-state index in [-0.39, 0.29) is 0 Å². The van der Waals surface area contributed by atoms with E-state index in [1.807, 2.05) is 12.1 Å². The van der Waals surface area contributed by atoms with Gasteiger partial charge in [-0.25, -0.2) is 0 Å². The Hall–Kier alpha value is -5.02. The van der Waals surface area contributed by atoms with Crippen LogP contribution in [0.1, 0.15) is 0 Å². The molecule has 0 radical (unpaired) electrons. The molecule has 0 unspecified atom stereocenters. The van der Waals surface area contributed by atoms with Crippen LogP contribution in [0.3, 0.4) is 0 Å². The van der Waals surface area contributed by atoms with Crippen LogP contribution in [0.2, 0.25) is 0 Å². The third-order valence-corrected chi connectivity index (χ3v) is 7.21. The molecule has 0 aliphatic carbocycles. The molecule has 0 aliphatic heterocycles. The van der Waals surface area contributed by atoms with E-state index < -0.39 is 0 Å². The van der Waals surface area contributed by atoms with Crippen molar-refractivity contribution in [1.29, 1.82) is 0 Å². The monoisotopic (exact) mass is 475 g/mol. The Kier molecular flexibility index (Phi) is 4.23. The fourth-order valence-electron chi connectivity index (χ4n) is 5.54. The molecule has 174 valence electrons. The minimum atomic E-state index is 0.819. The van der Waals surface area contributed by atoms with Gasteiger partial charge in [0.1, 0.15) is 16.7 Å². The number of rotatable bonds is 3. The highest BCUT2D eigenvalue weighted by Crippen LogP contribution is 2.45. The summed E-state index contributed by atoms with van der Waals surface area (Å²) in [6.45, 7) is 0. The van der Waals surface area contributed by atoms with E-state index in [4.69, 9.17) is 8.83 Å². The molecule has 3 nitrogen and oxygen atoms in total. The molecule has 0 fully saturated rings. The Morgan fingerprint density at radius 1 is 0.432 bits per heavy atom. The maximum Gasteiger partial charge on any atom is 0.159 e. The van der Waals surface area contributed by atoms with Crippen LogP contribution in [0.15, 0.2) is 136 Å². The molecule has 2 aromatic heterocycles. The lowest BCUT2D eigenvalue weighted by atomic mass is 10.0. The largest absolute Gasteiger partial charge is 0.455 e. The number of fused-ring (bicyclic) bond motifs is 8. The summed E-state index contributed by atoms with van der Waals surface area (Å²) in [7, 11) is 0. The van der Waals surface area contributed by atoms with Gasteiger partial charge in [0.25, 0.3) is 0 Å². The lowest BCUT2D eigenvalue weighted by Crippen LogP contribution is -2.09. The molecule has 8 rings (SSSR count). The lowest BCUT2D eigenvalue weighted by Gasteiger charge is -2.25. The second kappa shape index (κ2) is 7.74. The van der Waals surface area contributed by atoms with Crippen molar-refractivity contribution < 1.29 is 8.83 Å². The van der Waals surface area contributed by atoms with Gasteiger partial charge in [-0.3, -0.25) is 0 Å². The van der Waals surface area contributed by atoms with Crippen molar-refractivity contribution in [3.63, 3.8) is 0 Å². The van der Waals surface area contributed by atoms with Crippen LogP contribution in [0.25, 0.3) is 54.6 Å². The van der Waals surface area contributed by atoms with Gasteiger partial charge in [-0.1, -0.05) is 72.8 Å². The van der Waals surface area contributed by atoms with Gasteiger partial charge in [0.15, 0.2) is 5.58 Å². The zero-order valence-electron chi connectivity index (χ0n) is 19.9. The molecule has 0 saturated carbocycles. The minimum absolute atomic E-state index is 0.819. The SMILES string of the molecule is c1ccc(N(c2ccccc2)c2cccc3c2oc2ccc4c5cc6ccccc6cc5oc4c23)cc1. The maximum atomic E-state index is 6.59. The molecular formula is C34H21NO2. The number of hydrogen-bond acceptors (Lipinski definition) is 3. The van der Waals surface area contributed by atoms with E-state index in [0.29, 0.717) is 0 Å². The lowest BCUT2D eigenvalue weighted by molar-refractivity contribution is 0.663. The van der Waals surface area contributed by atoms with Crippen molar-refractivity contribution in [2.75, 3.05) is 4.90 Å². The van der Waals surface area contributed by atoms with Crippen LogP contribution in [0.4, 0.5) is 17.1 Å². The molecule has 0 saturated heterocycles. The number of anilines is 3. The quantitative estimate of drug-likeness (QED) is 0.255. The number of nitrogens with zero attached hydrogens (tertiary/aromatic N) is 1. The van der Waals surface area contributed by atoms with E-state index in [1.54, 1.807) is 0 Å². The Bertz CT molecular complexity index is 2050. The fourth-order valence-corrected chi connectivity index (χ4v) is 5.54. The highest BCUT2D eigenvalue weighted by molar-refractivity contribution is 6.24. The predicted octanol–water partition coefficient (Wildman–Crippen LogP) is 10.1. The Labute approximate surface area is 212 Å². The summed E-state index contributed by atoms with van der Waals surface area (Å²) in [5, 5.41) is 6.65. The summed E-state index contributed by atoms with van der Waals surface area (Å²) in [6, 6.07) is 44.1. The summed E-state index contributed by atoms with van der Waals surface area (Å²) < 4.78 is 13.1. The average Bonchev–Trinajstić information content (AvgIpc) is 3.51. The number of furan rings is 2. The smallest absolute Gasteiger partial charge is 0.159 e. The van der Waals surface area contributed by atoms with Crippen LogP contribution >= 0.6 is 0 Å². The molecule has 0 amide bonds. The second-order valence-electron chi connectivity index (χ2n) is 9.38. The summed E-state index contributed by atoms with van der Waals surface area (Å²) >= 11 is 0. The molecular weight excluding hydrogens is 454 g/mol. The predicted molar refractivity (Wildman–Crippen MR) is 153 cm³/mol. The van der Waals surface area contributed by atoms with Crippen LogP contribution in [0, 0.1) is 0 Å². The first-order valence-corrected chi connectivity index (χ1v) is 12.4. The van der Waals surface area contributed by atoms with E-state index in [1.165, 1.54) is 10.8 Å². The summed E-state index contributed by atoms with van der Waals surface area (Å²) in [4.78, 5) is 2.24. The van der Waals surface area contributed by atoms with E-state index in [9.17, 15) is 0 Å². The zero-order valence-corrected chi connectivity index (χ0v) is 19.9. The van der Waals surface area contributed by atoms with Gasteiger partial charge in [-0.05, 0) is 65.4 Å². The van der Waals surface area contributed by atoms with Crippen LogP contribution in [0.5, 0.6) is 0 Å². The molecule has 0 bridgehead atoms. The first-order valence-electron chi connectivity index (χ1n) is 12.4. The molecule has 2 heterocycles. The molecule has 3 heteroatoms. The van der Waals surface area contributed by atoms with E-state index in [0.717, 1.165) is 60.9 Å². The first-order chi connectivity index (χ1) is 18.3. The standard InChI is InChI=1S/C34H21NO2/c1-3-12-24(13-4-1)35(25-14-5-2-6-15-25)29-17-9-16-27-32-30(36-33(27)29)19-18-26-28-20-22-10-7-8-11-23(22)21-31(28)37-34(26)32/h1-21H. The second-order valence-corrected chi connectivity index (χ2v) is 9.38. The molecule has 0 spiro atoms. The van der Waals surface area contributed by atoms with Gasteiger partial charge in [-0.2, -0.15) is 0 Å². The van der Waals surface area contributed by atoms with Crippen LogP contribution in [-0.4, -0.2) is 0 Å². The van der Waals surface area contributed by atoms with Crippen molar-refractivity contribution in [2.45, 2.75) is 0 Å². The third kappa shape index (κ3) is 3.01. The van der Waals surface area contributed by atoms with Crippen LogP contribution < -0.4 is 4.90 Å². The third-order valence-electron chi connectivity index (χ3n) is 7.21. The van der Waals surface area contributed by atoms with E-state index in [2.05, 4.69) is 120 Å². The number of benzene rings is 6. The highest BCUT2D eigenvalue weighted by Gasteiger charge is 2.21. The van der Waals surface area contributed by atoms with Crippen LogP contribution in [-0.2, 0) is 0 Å². The van der Waals surface area contributed by atoms with Gasteiger partial charge in [-0.15, -0.1) is 0 Å². The molecule has 6 aromatic carbocycles. The minimum Gasteiger partial charge on any atom is -0.455 e. The zero-order chi connectivity index (χ0) is 24.3. The van der Waals surface area contributed by atoms with Gasteiger partial charge in [0, 0.05) is 27.5 Å². The highest BCUT2D eigenvalue weighted by atomic mass is 16.3. The molecule has 0 atom stereocenters. The summed E-state index contributed by atoms with van der Waals surface area (Å²) in [5.74, 6) is 0. The fraction of sp³-hybridized carbons (Fsp3) is 0.